The van der Waals surface area contributed by atoms with Crippen LogP contribution in [0.3, 0.4) is 0 Å². The number of nitrogens with zero attached hydrogens (tertiary/aromatic N) is 2. The van der Waals surface area contributed by atoms with E-state index in [2.05, 4.69) is 34.4 Å². The molecule has 2 N–H and O–H groups in total. The lowest BCUT2D eigenvalue weighted by molar-refractivity contribution is -0.0284. The Morgan fingerprint density at radius 2 is 2.47 bits per heavy atom. The second-order valence-corrected chi connectivity index (χ2v) is 5.18. The summed E-state index contributed by atoms with van der Waals surface area (Å²) in [4.78, 5) is 6.80. The molecule has 2 aliphatic heterocycles. The Morgan fingerprint density at radius 3 is 3.18 bits per heavy atom. The molecule has 0 aromatic rings. The first-order valence-electron chi connectivity index (χ1n) is 6.60. The lowest BCUT2D eigenvalue weighted by Crippen LogP contribution is -2.49. The van der Waals surface area contributed by atoms with Gasteiger partial charge >= 0.3 is 0 Å². The van der Waals surface area contributed by atoms with Crippen molar-refractivity contribution in [3.63, 3.8) is 0 Å². The predicted octanol–water partition coefficient (Wildman–Crippen LogP) is -0.108. The van der Waals surface area contributed by atoms with Crippen LogP contribution in [0.4, 0.5) is 0 Å². The van der Waals surface area contributed by atoms with Crippen LogP contribution in [0.1, 0.15) is 13.8 Å². The van der Waals surface area contributed by atoms with Crippen molar-refractivity contribution < 1.29 is 4.74 Å². The Bertz CT molecular complexity index is 267. The molecule has 1 fully saturated rings. The summed E-state index contributed by atoms with van der Waals surface area (Å²) in [6.45, 7) is 11.3. The van der Waals surface area contributed by atoms with E-state index in [1.165, 1.54) is 6.54 Å². The van der Waals surface area contributed by atoms with E-state index in [1.807, 2.05) is 0 Å². The number of aliphatic imine (C=N–C) groups is 1. The molecule has 0 amide bonds. The molecule has 98 valence electrons. The van der Waals surface area contributed by atoms with Crippen LogP contribution in [0.5, 0.6) is 0 Å². The van der Waals surface area contributed by atoms with Crippen LogP contribution in [0, 0.1) is 5.92 Å². The zero-order valence-electron chi connectivity index (χ0n) is 10.9. The van der Waals surface area contributed by atoms with Crippen molar-refractivity contribution in [1.82, 2.24) is 15.5 Å². The van der Waals surface area contributed by atoms with Crippen molar-refractivity contribution >= 4 is 5.96 Å². The van der Waals surface area contributed by atoms with E-state index >= 15 is 0 Å². The Morgan fingerprint density at radius 1 is 1.59 bits per heavy atom. The largest absolute Gasteiger partial charge is 0.374 e. The maximum atomic E-state index is 5.76. The maximum absolute atomic E-state index is 5.76. The van der Waals surface area contributed by atoms with Crippen LogP contribution >= 0.6 is 0 Å². The molecule has 1 atom stereocenters. The number of ether oxygens (including phenoxy) is 1. The maximum Gasteiger partial charge on any atom is 0.191 e. The van der Waals surface area contributed by atoms with Gasteiger partial charge in [0.15, 0.2) is 5.96 Å². The molecule has 5 nitrogen and oxygen atoms in total. The Kier molecular flexibility index (Phi) is 4.62. The van der Waals surface area contributed by atoms with Crippen molar-refractivity contribution in [2.75, 3.05) is 45.9 Å². The summed E-state index contributed by atoms with van der Waals surface area (Å²) in [5.41, 5.74) is 0. The van der Waals surface area contributed by atoms with Crippen LogP contribution in [0.15, 0.2) is 4.99 Å². The first kappa shape index (κ1) is 12.6. The smallest absolute Gasteiger partial charge is 0.191 e. The minimum atomic E-state index is 0.285. The van der Waals surface area contributed by atoms with Gasteiger partial charge in [0.05, 0.1) is 19.3 Å². The average Bonchev–Trinajstić information content (AvgIpc) is 2.79. The molecule has 2 rings (SSSR count). The second kappa shape index (κ2) is 6.21. The number of nitrogens with one attached hydrogen (secondary N) is 2. The van der Waals surface area contributed by atoms with Crippen LogP contribution in [-0.2, 0) is 4.74 Å². The molecular weight excluding hydrogens is 216 g/mol. The van der Waals surface area contributed by atoms with Crippen molar-refractivity contribution in [1.29, 1.82) is 0 Å². The van der Waals surface area contributed by atoms with Crippen molar-refractivity contribution in [3.8, 4) is 0 Å². The normalized spacial score (nSPS) is 25.8. The molecule has 0 bridgehead atoms. The number of rotatable bonds is 4. The Labute approximate surface area is 104 Å². The van der Waals surface area contributed by atoms with E-state index in [0.29, 0.717) is 0 Å². The highest BCUT2D eigenvalue weighted by molar-refractivity contribution is 5.81. The summed E-state index contributed by atoms with van der Waals surface area (Å²) in [6, 6.07) is 0. The third-order valence-electron chi connectivity index (χ3n) is 3.02. The molecule has 0 aliphatic carbocycles. The molecule has 0 unspecified atom stereocenters. The van der Waals surface area contributed by atoms with E-state index in [-0.39, 0.29) is 6.10 Å². The Hall–Kier alpha value is -0.810. The van der Waals surface area contributed by atoms with Gasteiger partial charge in [0.2, 0.25) is 0 Å². The van der Waals surface area contributed by atoms with Gasteiger partial charge in [-0.2, -0.15) is 0 Å². The number of guanidine groups is 1. The third kappa shape index (κ3) is 4.16. The Balaban J connectivity index is 1.69. The quantitative estimate of drug-likeness (QED) is 0.720. The zero-order valence-corrected chi connectivity index (χ0v) is 10.9. The van der Waals surface area contributed by atoms with Gasteiger partial charge in [0.25, 0.3) is 0 Å². The molecule has 0 aromatic heterocycles. The van der Waals surface area contributed by atoms with Gasteiger partial charge in [-0.3, -0.25) is 9.89 Å². The van der Waals surface area contributed by atoms with Crippen LogP contribution in [0.25, 0.3) is 0 Å². The highest BCUT2D eigenvalue weighted by atomic mass is 16.5. The fraction of sp³-hybridized carbons (Fsp3) is 0.917. The average molecular weight is 240 g/mol. The van der Waals surface area contributed by atoms with E-state index in [0.717, 1.165) is 51.2 Å². The van der Waals surface area contributed by atoms with Gasteiger partial charge in [-0.25, -0.2) is 0 Å². The van der Waals surface area contributed by atoms with E-state index in [4.69, 9.17) is 4.74 Å². The van der Waals surface area contributed by atoms with Gasteiger partial charge in [-0.05, 0) is 5.92 Å². The summed E-state index contributed by atoms with van der Waals surface area (Å²) >= 11 is 0. The third-order valence-corrected chi connectivity index (χ3v) is 3.02. The monoisotopic (exact) mass is 240 g/mol. The van der Waals surface area contributed by atoms with E-state index < -0.39 is 0 Å². The van der Waals surface area contributed by atoms with Crippen LogP contribution < -0.4 is 10.6 Å². The van der Waals surface area contributed by atoms with Gasteiger partial charge in [0.1, 0.15) is 0 Å². The highest BCUT2D eigenvalue weighted by Gasteiger charge is 2.21. The molecule has 5 heteroatoms. The molecular formula is C12H24N4O. The predicted molar refractivity (Wildman–Crippen MR) is 69.3 cm³/mol. The van der Waals surface area contributed by atoms with Gasteiger partial charge in [0, 0.05) is 32.7 Å². The molecule has 0 saturated carbocycles. The van der Waals surface area contributed by atoms with Crippen LogP contribution in [-0.4, -0.2) is 62.8 Å². The van der Waals surface area contributed by atoms with Gasteiger partial charge in [-0.1, -0.05) is 13.8 Å². The fourth-order valence-electron chi connectivity index (χ4n) is 2.31. The zero-order chi connectivity index (χ0) is 12.1. The lowest BCUT2D eigenvalue weighted by Gasteiger charge is -2.34. The van der Waals surface area contributed by atoms with Crippen LogP contribution in [0.2, 0.25) is 0 Å². The van der Waals surface area contributed by atoms with E-state index in [1.54, 1.807) is 0 Å². The summed E-state index contributed by atoms with van der Waals surface area (Å²) in [5.74, 6) is 1.65. The lowest BCUT2D eigenvalue weighted by atomic mass is 10.2. The summed E-state index contributed by atoms with van der Waals surface area (Å²) in [6.07, 6.45) is 0.285. The number of hydrogen-bond donors (Lipinski definition) is 2. The fourth-order valence-corrected chi connectivity index (χ4v) is 2.31. The van der Waals surface area contributed by atoms with Crippen molar-refractivity contribution in [3.05, 3.63) is 0 Å². The topological polar surface area (TPSA) is 48.9 Å². The van der Waals surface area contributed by atoms with Crippen molar-refractivity contribution in [2.24, 2.45) is 10.9 Å². The first-order valence-corrected chi connectivity index (χ1v) is 6.60. The van der Waals surface area contributed by atoms with E-state index in [9.17, 15) is 0 Å². The van der Waals surface area contributed by atoms with Crippen molar-refractivity contribution in [2.45, 2.75) is 20.0 Å². The van der Waals surface area contributed by atoms with Gasteiger partial charge < -0.3 is 15.4 Å². The molecule has 0 aromatic carbocycles. The number of morpholine rings is 1. The second-order valence-electron chi connectivity index (χ2n) is 5.18. The summed E-state index contributed by atoms with van der Waals surface area (Å²) < 4.78 is 5.76. The molecule has 17 heavy (non-hydrogen) atoms. The molecule has 1 saturated heterocycles. The molecule has 0 spiro atoms. The summed E-state index contributed by atoms with van der Waals surface area (Å²) in [5, 5.41) is 6.52. The molecule has 0 radical (unpaired) electrons. The summed E-state index contributed by atoms with van der Waals surface area (Å²) in [7, 11) is 0. The SMILES string of the molecule is CC(C)CN1CCO[C@@H](CNC2=NCCN2)C1. The van der Waals surface area contributed by atoms with Gasteiger partial charge in [-0.15, -0.1) is 0 Å². The number of hydrogen-bond acceptors (Lipinski definition) is 5. The first-order chi connectivity index (χ1) is 8.24. The molecule has 2 aliphatic rings. The standard InChI is InChI=1S/C12H24N4O/c1-10(2)8-16-5-6-17-11(9-16)7-15-12-13-3-4-14-12/h10-11H,3-9H2,1-2H3,(H2,13,14,15)/t11-/m0/s1. The molecule has 2 heterocycles. The minimum Gasteiger partial charge on any atom is -0.374 e. The highest BCUT2D eigenvalue weighted by Crippen LogP contribution is 2.07. The minimum absolute atomic E-state index is 0.285.